The van der Waals surface area contributed by atoms with Gasteiger partial charge in [0.2, 0.25) is 0 Å². The van der Waals surface area contributed by atoms with Crippen molar-refractivity contribution in [1.29, 1.82) is 0 Å². The predicted molar refractivity (Wildman–Crippen MR) is 196 cm³/mol. The number of carbonyl (C=O) groups is 2. The highest BCUT2D eigenvalue weighted by Gasteiger charge is 2.29. The molecule has 1 unspecified atom stereocenters. The molecule has 9 nitrogen and oxygen atoms in total. The van der Waals surface area contributed by atoms with Crippen LogP contribution in [-0.4, -0.2) is 86.8 Å². The Morgan fingerprint density at radius 2 is 1.35 bits per heavy atom. The van der Waals surface area contributed by atoms with Gasteiger partial charge in [0, 0.05) is 65.1 Å². The fraction of sp³-hybridized carbons (Fsp3) is 0.211. The van der Waals surface area contributed by atoms with Crippen molar-refractivity contribution in [3.63, 3.8) is 0 Å². The van der Waals surface area contributed by atoms with E-state index in [0.29, 0.717) is 23.8 Å². The molecule has 2 heterocycles. The van der Waals surface area contributed by atoms with E-state index in [1.165, 1.54) is 45.0 Å². The maximum atomic E-state index is 9.55. The third-order valence-electron chi connectivity index (χ3n) is 7.82. The number of likely N-dealkylation sites (N-methyl/N-ethyl adjacent to an activating group) is 1. The second-order valence-electron chi connectivity index (χ2n) is 11.4. The van der Waals surface area contributed by atoms with Crippen LogP contribution in [0, 0.1) is 0 Å². The molecule has 0 radical (unpaired) electrons. The first-order valence-corrected chi connectivity index (χ1v) is 17.5. The van der Waals surface area contributed by atoms with Crippen LogP contribution in [0.2, 0.25) is 0 Å². The molecule has 1 atom stereocenters. The first-order chi connectivity index (χ1) is 23.5. The number of hydrogen-bond acceptors (Lipinski definition) is 9. The maximum absolute atomic E-state index is 9.55. The highest BCUT2D eigenvalue weighted by molar-refractivity contribution is 7.99. The van der Waals surface area contributed by atoms with Gasteiger partial charge in [-0.15, -0.1) is 11.8 Å². The number of piperazine rings is 1. The molecule has 5 N–H and O–H groups in total. The maximum Gasteiger partial charge on any atom is 0.328 e. The zero-order chi connectivity index (χ0) is 35.3. The lowest BCUT2D eigenvalue weighted by Gasteiger charge is -2.38. The summed E-state index contributed by atoms with van der Waals surface area (Å²) < 4.78 is 0. The molecule has 0 spiro atoms. The molecule has 2 aliphatic rings. The van der Waals surface area contributed by atoms with Gasteiger partial charge in [0.05, 0.1) is 0 Å². The second-order valence-corrected chi connectivity index (χ2v) is 13.4. The summed E-state index contributed by atoms with van der Waals surface area (Å²) in [5.74, 6) is -2.25. The van der Waals surface area contributed by atoms with Crippen LogP contribution in [0.25, 0.3) is 12.2 Å². The van der Waals surface area contributed by atoms with Gasteiger partial charge in [-0.05, 0) is 90.5 Å². The Bertz CT molecular complexity index is 1750. The molecule has 49 heavy (non-hydrogen) atoms. The molecule has 1 fully saturated rings. The van der Waals surface area contributed by atoms with Crippen molar-refractivity contribution < 1.29 is 35.1 Å². The summed E-state index contributed by atoms with van der Waals surface area (Å²) in [7, 11) is 2.23. The molecule has 0 amide bonds. The minimum atomic E-state index is -1.26. The summed E-state index contributed by atoms with van der Waals surface area (Å²) >= 11 is 3.79. The van der Waals surface area contributed by atoms with Crippen LogP contribution in [0.15, 0.2) is 112 Å². The molecule has 4 aromatic rings. The number of thioether (sulfide) groups is 1. The van der Waals surface area contributed by atoms with Gasteiger partial charge >= 0.3 is 11.9 Å². The van der Waals surface area contributed by atoms with E-state index >= 15 is 0 Å². The predicted octanol–water partition coefficient (Wildman–Crippen LogP) is 7.09. The number of carboxylic acid groups (broad SMARTS) is 2. The molecule has 4 aromatic carbocycles. The van der Waals surface area contributed by atoms with Crippen molar-refractivity contribution in [3.8, 4) is 17.2 Å². The highest BCUT2D eigenvalue weighted by Crippen LogP contribution is 2.44. The summed E-state index contributed by atoms with van der Waals surface area (Å²) in [5, 5.41) is 43.4. The fourth-order valence-electron chi connectivity index (χ4n) is 5.31. The summed E-state index contributed by atoms with van der Waals surface area (Å²) in [6.45, 7) is 4.67. The number of fused-ring (bicyclic) bond motifs is 2. The van der Waals surface area contributed by atoms with Crippen molar-refractivity contribution in [2.75, 3.05) is 39.5 Å². The lowest BCUT2D eigenvalue weighted by atomic mass is 9.96. The standard InChI is InChI=1S/C20H24N2S2.C14H12O3.C4H4O4/c1-21-9-11-22(12-10-21)18-13-15-5-3-4-6-19(15)24-20-8-7-16(23-2)14-17(18)20;15-12-5-3-10(4-6-12)1-2-11-7-13(16)9-14(17)8-11;5-3(6)1-2-4(7)8/h3-8,14,18H,9-13H2,1-2H3;1-9,15-17H;1-2H,(H,5,6)(H,7,8). The molecule has 6 rings (SSSR count). The molecular formula is C38H40N2O7S2. The zero-order valence-electron chi connectivity index (χ0n) is 27.3. The minimum absolute atomic E-state index is 0.0235. The second kappa shape index (κ2) is 18.2. The van der Waals surface area contributed by atoms with E-state index in [1.54, 1.807) is 42.5 Å². The molecule has 0 saturated carbocycles. The van der Waals surface area contributed by atoms with E-state index in [-0.39, 0.29) is 17.2 Å². The first-order valence-electron chi connectivity index (χ1n) is 15.5. The lowest BCUT2D eigenvalue weighted by Crippen LogP contribution is -2.46. The number of carboxylic acids is 2. The number of hydrogen-bond donors (Lipinski definition) is 5. The van der Waals surface area contributed by atoms with Gasteiger partial charge in [0.1, 0.15) is 17.2 Å². The SMILES string of the molecule is CSc1ccc2c(c1)C(N1CCN(C)CC1)Cc1ccccc1S2.O=C(O)C=CC(=O)O.Oc1ccc(C=Cc2cc(O)cc(O)c2)cc1. The van der Waals surface area contributed by atoms with Crippen LogP contribution in [0.3, 0.4) is 0 Å². The Morgan fingerprint density at radius 1 is 0.735 bits per heavy atom. The largest absolute Gasteiger partial charge is 0.508 e. The number of phenolic OH excluding ortho intramolecular Hbond substituents is 3. The van der Waals surface area contributed by atoms with E-state index in [9.17, 15) is 19.8 Å². The van der Waals surface area contributed by atoms with Gasteiger partial charge in [-0.2, -0.15) is 0 Å². The van der Waals surface area contributed by atoms with Crippen LogP contribution >= 0.6 is 23.5 Å². The topological polar surface area (TPSA) is 142 Å². The Kier molecular flexibility index (Phi) is 13.8. The molecule has 0 bridgehead atoms. The number of nitrogens with zero attached hydrogens (tertiary/aromatic N) is 2. The van der Waals surface area contributed by atoms with Crippen molar-refractivity contribution >= 4 is 47.6 Å². The monoisotopic (exact) mass is 700 g/mol. The lowest BCUT2D eigenvalue weighted by molar-refractivity contribution is -0.134. The molecule has 11 heteroatoms. The minimum Gasteiger partial charge on any atom is -0.508 e. The average molecular weight is 701 g/mol. The number of benzene rings is 4. The number of phenols is 3. The molecule has 1 saturated heterocycles. The number of aromatic hydroxyl groups is 3. The van der Waals surface area contributed by atoms with Crippen molar-refractivity contribution in [2.24, 2.45) is 0 Å². The van der Waals surface area contributed by atoms with Gasteiger partial charge in [0.15, 0.2) is 0 Å². The van der Waals surface area contributed by atoms with Crippen molar-refractivity contribution in [3.05, 3.63) is 119 Å². The molecule has 256 valence electrons. The fourth-order valence-corrected chi connectivity index (χ4v) is 6.87. The quantitative estimate of drug-likeness (QED) is 0.0800. The van der Waals surface area contributed by atoms with E-state index in [0.717, 1.165) is 25.1 Å². The van der Waals surface area contributed by atoms with Gasteiger partial charge in [0.25, 0.3) is 0 Å². The van der Waals surface area contributed by atoms with E-state index < -0.39 is 11.9 Å². The van der Waals surface area contributed by atoms with Crippen LogP contribution in [-0.2, 0) is 16.0 Å². The Morgan fingerprint density at radius 3 is 1.96 bits per heavy atom. The summed E-state index contributed by atoms with van der Waals surface area (Å²) in [4.78, 5) is 28.5. The zero-order valence-corrected chi connectivity index (χ0v) is 28.9. The average Bonchev–Trinajstić information content (AvgIpc) is 3.24. The smallest absolute Gasteiger partial charge is 0.328 e. The van der Waals surface area contributed by atoms with Crippen LogP contribution in [0.5, 0.6) is 17.2 Å². The van der Waals surface area contributed by atoms with Gasteiger partial charge in [-0.1, -0.05) is 54.2 Å². The highest BCUT2D eigenvalue weighted by atomic mass is 32.2. The Balaban J connectivity index is 0.000000189. The first kappa shape index (κ1) is 37.1. The van der Waals surface area contributed by atoms with E-state index in [2.05, 4.69) is 65.6 Å². The van der Waals surface area contributed by atoms with Crippen molar-refractivity contribution in [1.82, 2.24) is 9.80 Å². The van der Waals surface area contributed by atoms with Crippen LogP contribution in [0.4, 0.5) is 0 Å². The van der Waals surface area contributed by atoms with Gasteiger partial charge < -0.3 is 30.4 Å². The summed E-state index contributed by atoms with van der Waals surface area (Å²) in [5.41, 5.74) is 4.64. The summed E-state index contributed by atoms with van der Waals surface area (Å²) in [6, 6.07) is 27.6. The third kappa shape index (κ3) is 11.8. The van der Waals surface area contributed by atoms with Gasteiger partial charge in [-0.25, -0.2) is 9.59 Å². The van der Waals surface area contributed by atoms with Crippen LogP contribution in [0.1, 0.15) is 28.3 Å². The molecular weight excluding hydrogens is 661 g/mol. The van der Waals surface area contributed by atoms with E-state index in [1.807, 2.05) is 29.6 Å². The van der Waals surface area contributed by atoms with Crippen LogP contribution < -0.4 is 0 Å². The normalized spacial score (nSPS) is 16.0. The Labute approximate surface area is 294 Å². The third-order valence-corrected chi connectivity index (χ3v) is 9.75. The Hall–Kier alpha value is -4.68. The molecule has 0 aromatic heterocycles. The summed E-state index contributed by atoms with van der Waals surface area (Å²) in [6.07, 6.45) is 8.01. The molecule has 2 aliphatic heterocycles. The number of rotatable bonds is 6. The number of aliphatic carboxylic acids is 2. The van der Waals surface area contributed by atoms with Crippen molar-refractivity contribution in [2.45, 2.75) is 27.1 Å². The van der Waals surface area contributed by atoms with E-state index in [4.69, 9.17) is 15.3 Å². The molecule has 0 aliphatic carbocycles. The van der Waals surface area contributed by atoms with Gasteiger partial charge in [-0.3, -0.25) is 4.90 Å².